The quantitative estimate of drug-likeness (QED) is 0.354. The third kappa shape index (κ3) is 5.59. The molecule has 196 valence electrons. The van der Waals surface area contributed by atoms with Crippen LogP contribution < -0.4 is 4.90 Å². The minimum absolute atomic E-state index is 0.278. The van der Waals surface area contributed by atoms with Crippen LogP contribution >= 0.6 is 11.3 Å². The van der Waals surface area contributed by atoms with Crippen molar-refractivity contribution in [2.45, 2.75) is 64.0 Å². The van der Waals surface area contributed by atoms with Gasteiger partial charge in [0.25, 0.3) is 0 Å². The van der Waals surface area contributed by atoms with Gasteiger partial charge in [-0.05, 0) is 62.6 Å². The Morgan fingerprint density at radius 1 is 1.08 bits per heavy atom. The second-order valence-electron chi connectivity index (χ2n) is 11.2. The summed E-state index contributed by atoms with van der Waals surface area (Å²) in [6.45, 7) is 5.34. The van der Waals surface area contributed by atoms with E-state index in [9.17, 15) is 4.79 Å². The lowest BCUT2D eigenvalue weighted by Crippen LogP contribution is -2.32. The average Bonchev–Trinajstić information content (AvgIpc) is 3.59. The van der Waals surface area contributed by atoms with Crippen LogP contribution in [0.15, 0.2) is 36.5 Å². The van der Waals surface area contributed by atoms with Gasteiger partial charge in [-0.25, -0.2) is 4.98 Å². The fourth-order valence-electron chi connectivity index (χ4n) is 6.47. The number of hydrogen-bond acceptors (Lipinski definition) is 7. The normalized spacial score (nSPS) is 24.5. The van der Waals surface area contributed by atoms with Gasteiger partial charge in [0.1, 0.15) is 0 Å². The second-order valence-corrected chi connectivity index (χ2v) is 12.2. The highest BCUT2D eigenvalue weighted by atomic mass is 32.1. The Labute approximate surface area is 224 Å². The van der Waals surface area contributed by atoms with E-state index in [1.54, 1.807) is 6.20 Å². The maximum Gasteiger partial charge on any atom is 0.185 e. The number of rotatable bonds is 8. The minimum Gasteiger partial charge on any atom is -0.380 e. The minimum atomic E-state index is 0.278. The molecule has 6 nitrogen and oxygen atoms in total. The molecule has 0 spiro atoms. The summed E-state index contributed by atoms with van der Waals surface area (Å²) in [7, 11) is 1.81. The summed E-state index contributed by atoms with van der Waals surface area (Å²) in [5.74, 6) is 1.58. The van der Waals surface area contributed by atoms with E-state index in [0.29, 0.717) is 18.4 Å². The molecule has 7 heteroatoms. The molecule has 3 aliphatic rings. The Balaban J connectivity index is 0.959. The highest BCUT2D eigenvalue weighted by molar-refractivity contribution is 7.15. The fraction of sp³-hybridized carbons (Fsp3) is 0.567. The maximum absolute atomic E-state index is 13.1. The van der Waals surface area contributed by atoms with Gasteiger partial charge in [0.15, 0.2) is 10.9 Å². The van der Waals surface area contributed by atoms with E-state index in [2.05, 4.69) is 14.8 Å². The molecule has 1 atom stereocenters. The first kappa shape index (κ1) is 25.0. The molecule has 6 rings (SSSR count). The molecule has 3 aromatic rings. The lowest BCUT2D eigenvalue weighted by atomic mass is 9.78. The molecule has 0 N–H and O–H groups in total. The van der Waals surface area contributed by atoms with E-state index in [1.165, 1.54) is 54.4 Å². The zero-order chi connectivity index (χ0) is 25.2. The van der Waals surface area contributed by atoms with E-state index >= 15 is 0 Å². The third-order valence-electron chi connectivity index (χ3n) is 8.78. The van der Waals surface area contributed by atoms with Crippen molar-refractivity contribution in [3.8, 4) is 0 Å². The first-order chi connectivity index (χ1) is 18.2. The van der Waals surface area contributed by atoms with Gasteiger partial charge >= 0.3 is 0 Å². The summed E-state index contributed by atoms with van der Waals surface area (Å²) in [5, 5.41) is 2.18. The molecule has 4 heterocycles. The Hall–Kier alpha value is -2.35. The molecule has 1 saturated heterocycles. The number of hydrogen-bond donors (Lipinski definition) is 0. The number of carbonyl (C=O) groups excluding carboxylic acids is 1. The van der Waals surface area contributed by atoms with Gasteiger partial charge < -0.3 is 9.64 Å². The molecule has 1 saturated carbocycles. The number of ether oxygens (including phenoxy) is 1. The first-order valence-corrected chi connectivity index (χ1v) is 14.8. The Kier molecular flexibility index (Phi) is 7.54. The fourth-order valence-corrected chi connectivity index (χ4v) is 7.56. The van der Waals surface area contributed by atoms with Gasteiger partial charge in [0.2, 0.25) is 0 Å². The van der Waals surface area contributed by atoms with Crippen molar-refractivity contribution in [3.05, 3.63) is 52.7 Å². The van der Waals surface area contributed by atoms with E-state index in [0.717, 1.165) is 61.4 Å². The predicted octanol–water partition coefficient (Wildman–Crippen LogP) is 5.74. The number of Topliss-reactive ketones (excluding diaryl/α,β-unsaturated/α-hetero) is 1. The molecule has 0 unspecified atom stereocenters. The van der Waals surface area contributed by atoms with Crippen molar-refractivity contribution >= 4 is 33.2 Å². The van der Waals surface area contributed by atoms with Crippen LogP contribution in [0.5, 0.6) is 0 Å². The van der Waals surface area contributed by atoms with Gasteiger partial charge in [0, 0.05) is 61.7 Å². The summed E-state index contributed by atoms with van der Waals surface area (Å²) in [4.78, 5) is 29.1. The van der Waals surface area contributed by atoms with Gasteiger partial charge in [-0.3, -0.25) is 14.7 Å². The Morgan fingerprint density at radius 2 is 1.95 bits per heavy atom. The largest absolute Gasteiger partial charge is 0.380 e. The standard InChI is InChI=1S/C30H38N4O2S/c1-36-23-12-17-34(19-23)30-32-27-20-33(16-13-29(27)37-30)15-11-21-7-9-22(10-8-21)18-28(35)25-4-2-6-26-24(25)5-3-14-31-26/h2-6,14,21-23H,7-13,15-20H2,1H3/t21?,22?,23-/m0/s1. The van der Waals surface area contributed by atoms with Gasteiger partial charge in [-0.2, -0.15) is 0 Å². The number of pyridine rings is 1. The van der Waals surface area contributed by atoms with Crippen molar-refractivity contribution < 1.29 is 9.53 Å². The van der Waals surface area contributed by atoms with Crippen LogP contribution in [0, 0.1) is 11.8 Å². The van der Waals surface area contributed by atoms with Crippen molar-refractivity contribution in [2.75, 3.05) is 38.2 Å². The number of nitrogens with zero attached hydrogens (tertiary/aromatic N) is 4. The highest BCUT2D eigenvalue weighted by Crippen LogP contribution is 2.36. The highest BCUT2D eigenvalue weighted by Gasteiger charge is 2.29. The number of carbonyl (C=O) groups is 1. The number of methoxy groups -OCH3 is 1. The van der Waals surface area contributed by atoms with Crippen molar-refractivity contribution in [2.24, 2.45) is 11.8 Å². The number of ketones is 1. The van der Waals surface area contributed by atoms with Gasteiger partial charge in [0.05, 0.1) is 17.3 Å². The molecule has 0 amide bonds. The summed E-state index contributed by atoms with van der Waals surface area (Å²) in [6, 6.07) is 9.85. The second kappa shape index (κ2) is 11.2. The average molecular weight is 519 g/mol. The smallest absolute Gasteiger partial charge is 0.185 e. The van der Waals surface area contributed by atoms with Crippen molar-refractivity contribution in [3.63, 3.8) is 0 Å². The summed E-state index contributed by atoms with van der Waals surface area (Å²) < 4.78 is 5.54. The van der Waals surface area contributed by atoms with E-state index < -0.39 is 0 Å². The lowest BCUT2D eigenvalue weighted by molar-refractivity contribution is 0.0941. The molecule has 1 aromatic carbocycles. The first-order valence-electron chi connectivity index (χ1n) is 14.0. The monoisotopic (exact) mass is 518 g/mol. The zero-order valence-corrected chi connectivity index (χ0v) is 22.7. The van der Waals surface area contributed by atoms with E-state index in [1.807, 2.05) is 48.8 Å². The number of aromatic nitrogens is 2. The van der Waals surface area contributed by atoms with Crippen LogP contribution in [0.1, 0.15) is 65.9 Å². The van der Waals surface area contributed by atoms with Crippen LogP contribution in [0.2, 0.25) is 0 Å². The van der Waals surface area contributed by atoms with Crippen molar-refractivity contribution in [1.82, 2.24) is 14.9 Å². The number of benzene rings is 1. The lowest BCUT2D eigenvalue weighted by Gasteiger charge is -2.31. The molecular formula is C30H38N4O2S. The van der Waals surface area contributed by atoms with E-state index in [-0.39, 0.29) is 5.78 Å². The number of anilines is 1. The molecule has 1 aliphatic carbocycles. The topological polar surface area (TPSA) is 58.6 Å². The Bertz CT molecular complexity index is 1230. The Morgan fingerprint density at radius 3 is 2.78 bits per heavy atom. The van der Waals surface area contributed by atoms with Crippen LogP contribution in [0.3, 0.4) is 0 Å². The number of thiazole rings is 1. The van der Waals surface area contributed by atoms with Crippen LogP contribution in [-0.4, -0.2) is 60.0 Å². The zero-order valence-electron chi connectivity index (χ0n) is 21.9. The SMILES string of the molecule is CO[C@H]1CCN(c2nc3c(s2)CCN(CCC2CCC(CC(=O)c4cccc5ncccc45)CC2)C3)C1. The molecule has 2 aromatic heterocycles. The van der Waals surface area contributed by atoms with E-state index in [4.69, 9.17) is 9.72 Å². The van der Waals surface area contributed by atoms with Crippen molar-refractivity contribution in [1.29, 1.82) is 0 Å². The van der Waals surface area contributed by atoms with Crippen LogP contribution in [-0.2, 0) is 17.7 Å². The van der Waals surface area contributed by atoms with Gasteiger partial charge in [-0.15, -0.1) is 11.3 Å². The van der Waals surface area contributed by atoms with Gasteiger partial charge in [-0.1, -0.05) is 31.0 Å². The molecule has 2 fully saturated rings. The third-order valence-corrected chi connectivity index (χ3v) is 10.0. The predicted molar refractivity (Wildman–Crippen MR) is 149 cm³/mol. The molecule has 2 aliphatic heterocycles. The summed E-state index contributed by atoms with van der Waals surface area (Å²) >= 11 is 1.90. The molecule has 37 heavy (non-hydrogen) atoms. The summed E-state index contributed by atoms with van der Waals surface area (Å²) in [6.07, 6.45) is 11.2. The maximum atomic E-state index is 13.1. The summed E-state index contributed by atoms with van der Waals surface area (Å²) in [5.41, 5.74) is 3.05. The molecular weight excluding hydrogens is 480 g/mol. The molecule has 0 radical (unpaired) electrons. The van der Waals surface area contributed by atoms with Crippen LogP contribution in [0.25, 0.3) is 10.9 Å². The van der Waals surface area contributed by atoms with Crippen LogP contribution in [0.4, 0.5) is 5.13 Å². The number of fused-ring (bicyclic) bond motifs is 2. The molecule has 0 bridgehead atoms.